The van der Waals surface area contributed by atoms with Crippen LogP contribution in [0.1, 0.15) is 50.0 Å². The van der Waals surface area contributed by atoms with Crippen LogP contribution in [0.15, 0.2) is 36.5 Å². The molecular weight excluding hydrogens is 298 g/mol. The number of aliphatic hydroxyl groups is 1. The van der Waals surface area contributed by atoms with Gasteiger partial charge < -0.3 is 10.4 Å². The van der Waals surface area contributed by atoms with Crippen molar-refractivity contribution in [1.29, 1.82) is 0 Å². The number of aryl methyl sites for hydroxylation is 1. The first-order chi connectivity index (χ1) is 11.7. The van der Waals surface area contributed by atoms with Crippen LogP contribution in [0.5, 0.6) is 0 Å². The molecule has 1 aromatic carbocycles. The van der Waals surface area contributed by atoms with Crippen LogP contribution >= 0.6 is 0 Å². The summed E-state index contributed by atoms with van der Waals surface area (Å²) in [4.78, 5) is 4.49. The van der Waals surface area contributed by atoms with Crippen LogP contribution in [0.4, 0.5) is 0 Å². The molecule has 1 aliphatic rings. The van der Waals surface area contributed by atoms with E-state index in [1.54, 1.807) is 0 Å². The van der Waals surface area contributed by atoms with Gasteiger partial charge in [-0.25, -0.2) is 4.98 Å². The predicted octanol–water partition coefficient (Wildman–Crippen LogP) is 3.60. The van der Waals surface area contributed by atoms with E-state index in [0.717, 1.165) is 31.0 Å². The van der Waals surface area contributed by atoms with Crippen molar-refractivity contribution in [2.45, 2.75) is 52.0 Å². The Morgan fingerprint density at radius 2 is 1.92 bits per heavy atom. The molecule has 2 aromatic rings. The van der Waals surface area contributed by atoms with Crippen molar-refractivity contribution in [3.63, 3.8) is 0 Å². The van der Waals surface area contributed by atoms with Gasteiger partial charge in [-0.15, -0.1) is 0 Å². The Morgan fingerprint density at radius 3 is 2.62 bits per heavy atom. The molecule has 0 unspecified atom stereocenters. The summed E-state index contributed by atoms with van der Waals surface area (Å²) < 4.78 is 2.21. The fraction of sp³-hybridized carbons (Fsp3) is 0.550. The SMILES string of the molecule is Cc1ncc(CNCC2(CCO)CCCCC2)n1-c1ccccc1. The number of hydrogen-bond donors (Lipinski definition) is 2. The van der Waals surface area contributed by atoms with Gasteiger partial charge in [-0.2, -0.15) is 0 Å². The van der Waals surface area contributed by atoms with Crippen molar-refractivity contribution in [1.82, 2.24) is 14.9 Å². The molecule has 0 aliphatic heterocycles. The Labute approximate surface area is 144 Å². The second-order valence-corrected chi connectivity index (χ2v) is 7.11. The standard InChI is InChI=1S/C20H29N3O/c1-17-22-15-19(23(17)18-8-4-2-5-9-18)14-21-16-20(12-13-24)10-6-3-7-11-20/h2,4-5,8-9,15,21,24H,3,6-7,10-14,16H2,1H3. The lowest BCUT2D eigenvalue weighted by molar-refractivity contribution is 0.126. The minimum absolute atomic E-state index is 0.277. The molecule has 3 rings (SSSR count). The van der Waals surface area contributed by atoms with Crippen molar-refractivity contribution in [2.75, 3.05) is 13.2 Å². The van der Waals surface area contributed by atoms with E-state index >= 15 is 0 Å². The zero-order valence-electron chi connectivity index (χ0n) is 14.7. The van der Waals surface area contributed by atoms with Crippen molar-refractivity contribution in [3.05, 3.63) is 48.0 Å². The summed E-state index contributed by atoms with van der Waals surface area (Å²) in [5.74, 6) is 1.01. The van der Waals surface area contributed by atoms with E-state index in [1.165, 1.54) is 37.8 Å². The second-order valence-electron chi connectivity index (χ2n) is 7.11. The molecule has 24 heavy (non-hydrogen) atoms. The average Bonchev–Trinajstić information content (AvgIpc) is 2.97. The van der Waals surface area contributed by atoms with E-state index in [2.05, 4.69) is 39.1 Å². The largest absolute Gasteiger partial charge is 0.396 e. The highest BCUT2D eigenvalue weighted by Crippen LogP contribution is 2.38. The van der Waals surface area contributed by atoms with Gasteiger partial charge in [-0.3, -0.25) is 4.57 Å². The third-order valence-corrected chi connectivity index (χ3v) is 5.39. The molecule has 0 bridgehead atoms. The van der Waals surface area contributed by atoms with Gasteiger partial charge in [0.25, 0.3) is 0 Å². The zero-order chi connectivity index (χ0) is 16.8. The predicted molar refractivity (Wildman–Crippen MR) is 97.2 cm³/mol. The molecule has 4 heteroatoms. The lowest BCUT2D eigenvalue weighted by Crippen LogP contribution is -2.37. The van der Waals surface area contributed by atoms with Gasteiger partial charge in [-0.05, 0) is 43.7 Å². The van der Waals surface area contributed by atoms with Gasteiger partial charge in [0.1, 0.15) is 5.82 Å². The molecule has 0 spiro atoms. The first kappa shape index (κ1) is 17.2. The van der Waals surface area contributed by atoms with Gasteiger partial charge in [0.2, 0.25) is 0 Å². The third kappa shape index (κ3) is 3.87. The van der Waals surface area contributed by atoms with Crippen molar-refractivity contribution in [3.8, 4) is 5.69 Å². The number of aliphatic hydroxyl groups excluding tert-OH is 1. The summed E-state index contributed by atoms with van der Waals surface area (Å²) in [5, 5.41) is 13.1. The quantitative estimate of drug-likeness (QED) is 0.817. The molecule has 0 radical (unpaired) electrons. The molecule has 0 amide bonds. The number of aromatic nitrogens is 2. The van der Waals surface area contributed by atoms with Crippen molar-refractivity contribution < 1.29 is 5.11 Å². The highest BCUT2D eigenvalue weighted by Gasteiger charge is 2.31. The molecule has 1 heterocycles. The van der Waals surface area contributed by atoms with E-state index in [-0.39, 0.29) is 5.41 Å². The topological polar surface area (TPSA) is 50.1 Å². The normalized spacial score (nSPS) is 17.1. The van der Waals surface area contributed by atoms with E-state index in [1.807, 2.05) is 19.2 Å². The van der Waals surface area contributed by atoms with E-state index in [4.69, 9.17) is 0 Å². The lowest BCUT2D eigenvalue weighted by Gasteiger charge is -2.37. The number of hydrogen-bond acceptors (Lipinski definition) is 3. The molecule has 2 N–H and O–H groups in total. The summed E-state index contributed by atoms with van der Waals surface area (Å²) in [6.07, 6.45) is 9.28. The molecule has 0 atom stereocenters. The number of imidazole rings is 1. The summed E-state index contributed by atoms with van der Waals surface area (Å²) in [6, 6.07) is 10.4. The highest BCUT2D eigenvalue weighted by atomic mass is 16.3. The fourth-order valence-corrected chi connectivity index (χ4v) is 4.06. The van der Waals surface area contributed by atoms with Gasteiger partial charge in [0, 0.05) is 25.4 Å². The van der Waals surface area contributed by atoms with Gasteiger partial charge in [-0.1, -0.05) is 37.5 Å². The van der Waals surface area contributed by atoms with E-state index in [9.17, 15) is 5.11 Å². The molecule has 1 fully saturated rings. The maximum atomic E-state index is 9.45. The molecule has 1 saturated carbocycles. The average molecular weight is 327 g/mol. The van der Waals surface area contributed by atoms with Crippen LogP contribution in [0.3, 0.4) is 0 Å². The van der Waals surface area contributed by atoms with Crippen LogP contribution in [0, 0.1) is 12.3 Å². The number of benzene rings is 1. The Balaban J connectivity index is 1.67. The molecule has 4 nitrogen and oxygen atoms in total. The maximum absolute atomic E-state index is 9.45. The second kappa shape index (κ2) is 7.95. The minimum Gasteiger partial charge on any atom is -0.396 e. The zero-order valence-corrected chi connectivity index (χ0v) is 14.7. The first-order valence-corrected chi connectivity index (χ1v) is 9.14. The summed E-state index contributed by atoms with van der Waals surface area (Å²) in [6.45, 7) is 4.13. The molecule has 1 aromatic heterocycles. The molecule has 0 saturated heterocycles. The van der Waals surface area contributed by atoms with Gasteiger partial charge in [0.15, 0.2) is 0 Å². The van der Waals surface area contributed by atoms with Crippen LogP contribution < -0.4 is 5.32 Å². The highest BCUT2D eigenvalue weighted by molar-refractivity contribution is 5.35. The smallest absolute Gasteiger partial charge is 0.110 e. The van der Waals surface area contributed by atoms with Crippen molar-refractivity contribution in [2.24, 2.45) is 5.41 Å². The molecule has 130 valence electrons. The van der Waals surface area contributed by atoms with Crippen LogP contribution in [0.25, 0.3) is 5.69 Å². The lowest BCUT2D eigenvalue weighted by atomic mass is 9.72. The third-order valence-electron chi connectivity index (χ3n) is 5.39. The monoisotopic (exact) mass is 327 g/mol. The Bertz CT molecular complexity index is 624. The van der Waals surface area contributed by atoms with Crippen LogP contribution in [-0.4, -0.2) is 27.8 Å². The number of para-hydroxylation sites is 1. The van der Waals surface area contributed by atoms with E-state index < -0.39 is 0 Å². The summed E-state index contributed by atoms with van der Waals surface area (Å²) >= 11 is 0. The number of nitrogens with one attached hydrogen (secondary N) is 1. The van der Waals surface area contributed by atoms with Gasteiger partial charge in [0.05, 0.1) is 11.9 Å². The first-order valence-electron chi connectivity index (χ1n) is 9.14. The van der Waals surface area contributed by atoms with Gasteiger partial charge >= 0.3 is 0 Å². The summed E-state index contributed by atoms with van der Waals surface area (Å²) in [5.41, 5.74) is 2.63. The fourth-order valence-electron chi connectivity index (χ4n) is 4.06. The van der Waals surface area contributed by atoms with Crippen molar-refractivity contribution >= 4 is 0 Å². The molecular formula is C20H29N3O. The number of nitrogens with zero attached hydrogens (tertiary/aromatic N) is 2. The Hall–Kier alpha value is -1.65. The molecule has 1 aliphatic carbocycles. The summed E-state index contributed by atoms with van der Waals surface area (Å²) in [7, 11) is 0. The Morgan fingerprint density at radius 1 is 1.17 bits per heavy atom. The maximum Gasteiger partial charge on any atom is 0.110 e. The van der Waals surface area contributed by atoms with Crippen LogP contribution in [-0.2, 0) is 6.54 Å². The Kier molecular flexibility index (Phi) is 5.69. The minimum atomic E-state index is 0.277. The number of rotatable bonds is 7. The van der Waals surface area contributed by atoms with Crippen LogP contribution in [0.2, 0.25) is 0 Å². The van der Waals surface area contributed by atoms with E-state index in [0.29, 0.717) is 6.61 Å².